The van der Waals surface area contributed by atoms with E-state index in [2.05, 4.69) is 10.6 Å². The van der Waals surface area contributed by atoms with Crippen molar-refractivity contribution in [3.63, 3.8) is 0 Å². The Morgan fingerprint density at radius 2 is 1.68 bits per heavy atom. The molecule has 0 unspecified atom stereocenters. The number of carbonyl (C=O) groups is 2. The summed E-state index contributed by atoms with van der Waals surface area (Å²) in [6.45, 7) is 4.83. The molecular formula is C21H24ClFN2O3. The number of rotatable bonds is 9. The monoisotopic (exact) mass is 406 g/mol. The normalized spacial score (nSPS) is 10.4. The number of carbonyl (C=O) groups excluding carboxylic acids is 2. The molecule has 0 aliphatic carbocycles. The zero-order chi connectivity index (χ0) is 20.5. The highest BCUT2D eigenvalue weighted by molar-refractivity contribution is 6.33. The number of amides is 2. The Balaban J connectivity index is 1.63. The van der Waals surface area contributed by atoms with E-state index in [0.29, 0.717) is 19.4 Å². The third-order valence-electron chi connectivity index (χ3n) is 4.13. The van der Waals surface area contributed by atoms with Gasteiger partial charge >= 0.3 is 0 Å². The van der Waals surface area contributed by atoms with Crippen LogP contribution in [0, 0.1) is 19.7 Å². The summed E-state index contributed by atoms with van der Waals surface area (Å²) in [5, 5.41) is 5.29. The summed E-state index contributed by atoms with van der Waals surface area (Å²) in [4.78, 5) is 23.8. The summed E-state index contributed by atoms with van der Waals surface area (Å²) in [5.74, 6) is -0.571. The van der Waals surface area contributed by atoms with Crippen molar-refractivity contribution in [3.8, 4) is 5.75 Å². The van der Waals surface area contributed by atoms with Crippen molar-refractivity contribution in [1.82, 2.24) is 10.6 Å². The van der Waals surface area contributed by atoms with Gasteiger partial charge < -0.3 is 15.4 Å². The van der Waals surface area contributed by atoms with E-state index in [1.165, 1.54) is 18.2 Å². The number of hydrogen-bond acceptors (Lipinski definition) is 3. The number of benzene rings is 2. The summed E-state index contributed by atoms with van der Waals surface area (Å²) in [6.07, 6.45) is 0.898. The van der Waals surface area contributed by atoms with Crippen molar-refractivity contribution in [1.29, 1.82) is 0 Å². The van der Waals surface area contributed by atoms with Crippen molar-refractivity contribution < 1.29 is 18.7 Å². The standard InChI is InChI=1S/C21H24ClFN2O3/c1-14-6-3-7-15(2)20(14)28-13-5-10-18(26)24-11-12-25-21(27)19-16(22)8-4-9-17(19)23/h3-4,6-9H,5,10-13H2,1-2H3,(H,24,26)(H,25,27). The van der Waals surface area contributed by atoms with Gasteiger partial charge in [0.15, 0.2) is 0 Å². The van der Waals surface area contributed by atoms with Crippen molar-refractivity contribution >= 4 is 23.4 Å². The van der Waals surface area contributed by atoms with E-state index >= 15 is 0 Å². The van der Waals surface area contributed by atoms with Gasteiger partial charge in [0.1, 0.15) is 11.6 Å². The Morgan fingerprint density at radius 3 is 2.36 bits per heavy atom. The van der Waals surface area contributed by atoms with Crippen molar-refractivity contribution in [2.24, 2.45) is 0 Å². The van der Waals surface area contributed by atoms with E-state index in [0.717, 1.165) is 16.9 Å². The first-order chi connectivity index (χ1) is 13.4. The van der Waals surface area contributed by atoms with Gasteiger partial charge in [0, 0.05) is 19.5 Å². The second-order valence-electron chi connectivity index (χ2n) is 6.38. The van der Waals surface area contributed by atoms with Gasteiger partial charge in [-0.05, 0) is 43.5 Å². The number of aryl methyl sites for hydroxylation is 2. The molecule has 0 saturated carbocycles. The van der Waals surface area contributed by atoms with Crippen LogP contribution in [0.5, 0.6) is 5.75 Å². The van der Waals surface area contributed by atoms with Gasteiger partial charge in [0.25, 0.3) is 5.91 Å². The molecule has 2 amide bonds. The van der Waals surface area contributed by atoms with Crippen LogP contribution in [0.1, 0.15) is 34.3 Å². The van der Waals surface area contributed by atoms with Crippen LogP contribution in [0.4, 0.5) is 4.39 Å². The third-order valence-corrected chi connectivity index (χ3v) is 4.44. The van der Waals surface area contributed by atoms with E-state index < -0.39 is 11.7 Å². The molecule has 2 aromatic carbocycles. The van der Waals surface area contributed by atoms with Crippen LogP contribution in [-0.4, -0.2) is 31.5 Å². The van der Waals surface area contributed by atoms with Gasteiger partial charge in [-0.1, -0.05) is 35.9 Å². The summed E-state index contributed by atoms with van der Waals surface area (Å²) < 4.78 is 19.4. The quantitative estimate of drug-likeness (QED) is 0.622. The summed E-state index contributed by atoms with van der Waals surface area (Å²) >= 11 is 5.84. The van der Waals surface area contributed by atoms with E-state index in [1.807, 2.05) is 32.0 Å². The van der Waals surface area contributed by atoms with Crippen LogP contribution in [-0.2, 0) is 4.79 Å². The SMILES string of the molecule is Cc1cccc(C)c1OCCCC(=O)NCCNC(=O)c1c(F)cccc1Cl. The summed E-state index contributed by atoms with van der Waals surface area (Å²) in [6, 6.07) is 9.99. The van der Waals surface area contributed by atoms with Crippen LogP contribution >= 0.6 is 11.6 Å². The lowest BCUT2D eigenvalue weighted by molar-refractivity contribution is -0.121. The lowest BCUT2D eigenvalue weighted by Gasteiger charge is -2.12. The number of hydrogen-bond donors (Lipinski definition) is 2. The van der Waals surface area contributed by atoms with E-state index in [1.54, 1.807) is 0 Å². The molecular weight excluding hydrogens is 383 g/mol. The van der Waals surface area contributed by atoms with Gasteiger partial charge in [0.05, 0.1) is 17.2 Å². The Morgan fingerprint density at radius 1 is 1.04 bits per heavy atom. The maximum absolute atomic E-state index is 13.7. The van der Waals surface area contributed by atoms with Crippen molar-refractivity contribution in [3.05, 3.63) is 63.9 Å². The van der Waals surface area contributed by atoms with Gasteiger partial charge in [0.2, 0.25) is 5.91 Å². The molecule has 150 valence electrons. The molecule has 0 saturated heterocycles. The lowest BCUT2D eigenvalue weighted by Crippen LogP contribution is -2.35. The molecule has 0 aliphatic heterocycles. The molecule has 0 radical (unpaired) electrons. The van der Waals surface area contributed by atoms with Gasteiger partial charge in [-0.2, -0.15) is 0 Å². The molecule has 0 spiro atoms. The fourth-order valence-corrected chi connectivity index (χ4v) is 2.95. The molecule has 5 nitrogen and oxygen atoms in total. The molecule has 2 rings (SSSR count). The fourth-order valence-electron chi connectivity index (χ4n) is 2.70. The molecule has 2 N–H and O–H groups in total. The van der Waals surface area contributed by atoms with Gasteiger partial charge in [-0.3, -0.25) is 9.59 Å². The highest BCUT2D eigenvalue weighted by Gasteiger charge is 2.15. The molecule has 0 heterocycles. The number of ether oxygens (including phenoxy) is 1. The molecule has 28 heavy (non-hydrogen) atoms. The van der Waals surface area contributed by atoms with Crippen molar-refractivity contribution in [2.45, 2.75) is 26.7 Å². The minimum absolute atomic E-state index is 0.0467. The second-order valence-corrected chi connectivity index (χ2v) is 6.78. The Labute approximate surface area is 169 Å². The Hall–Kier alpha value is -2.60. The largest absolute Gasteiger partial charge is 0.493 e. The smallest absolute Gasteiger partial charge is 0.255 e. The molecule has 0 atom stereocenters. The average Bonchev–Trinajstić information content (AvgIpc) is 2.64. The number of halogens is 2. The maximum atomic E-state index is 13.7. The first-order valence-corrected chi connectivity index (χ1v) is 9.46. The Kier molecular flexibility index (Phi) is 8.26. The van der Waals surface area contributed by atoms with Gasteiger partial charge in [-0.15, -0.1) is 0 Å². The molecule has 2 aromatic rings. The van der Waals surface area contributed by atoms with Crippen LogP contribution in [0.3, 0.4) is 0 Å². The summed E-state index contributed by atoms with van der Waals surface area (Å²) in [5.41, 5.74) is 1.93. The fraction of sp³-hybridized carbons (Fsp3) is 0.333. The van der Waals surface area contributed by atoms with Crippen LogP contribution < -0.4 is 15.4 Å². The van der Waals surface area contributed by atoms with E-state index in [9.17, 15) is 14.0 Å². The van der Waals surface area contributed by atoms with E-state index in [-0.39, 0.29) is 29.6 Å². The molecule has 0 aromatic heterocycles. The zero-order valence-corrected chi connectivity index (χ0v) is 16.7. The van der Waals surface area contributed by atoms with Gasteiger partial charge in [-0.25, -0.2) is 4.39 Å². The van der Waals surface area contributed by atoms with Crippen LogP contribution in [0.15, 0.2) is 36.4 Å². The lowest BCUT2D eigenvalue weighted by atomic mass is 10.1. The van der Waals surface area contributed by atoms with E-state index in [4.69, 9.17) is 16.3 Å². The average molecular weight is 407 g/mol. The molecule has 0 aliphatic rings. The predicted octanol–water partition coefficient (Wildman–Crippen LogP) is 3.80. The maximum Gasteiger partial charge on any atom is 0.255 e. The van der Waals surface area contributed by atoms with Crippen LogP contribution in [0.25, 0.3) is 0 Å². The number of nitrogens with one attached hydrogen (secondary N) is 2. The topological polar surface area (TPSA) is 67.4 Å². The first-order valence-electron chi connectivity index (χ1n) is 9.08. The zero-order valence-electron chi connectivity index (χ0n) is 16.0. The number of para-hydroxylation sites is 1. The molecule has 7 heteroatoms. The predicted molar refractivity (Wildman–Crippen MR) is 107 cm³/mol. The summed E-state index contributed by atoms with van der Waals surface area (Å²) in [7, 11) is 0. The first kappa shape index (κ1) is 21.7. The Bertz CT molecular complexity index is 802. The highest BCUT2D eigenvalue weighted by Crippen LogP contribution is 2.22. The third kappa shape index (κ3) is 6.23. The minimum Gasteiger partial charge on any atom is -0.493 e. The molecule has 0 fully saturated rings. The van der Waals surface area contributed by atoms with Crippen molar-refractivity contribution in [2.75, 3.05) is 19.7 Å². The van der Waals surface area contributed by atoms with Crippen LogP contribution in [0.2, 0.25) is 5.02 Å². The highest BCUT2D eigenvalue weighted by atomic mass is 35.5. The minimum atomic E-state index is -0.682. The second kappa shape index (κ2) is 10.7. The molecule has 0 bridgehead atoms.